The number of nitrogens with zero attached hydrogens (tertiary/aromatic N) is 6. The second-order valence-electron chi connectivity index (χ2n) is 16.4. The van der Waals surface area contributed by atoms with E-state index in [9.17, 15) is 14.7 Å². The Kier molecular flexibility index (Phi) is 9.53. The molecule has 4 aromatic rings. The van der Waals surface area contributed by atoms with Crippen LogP contribution in [0.2, 0.25) is 0 Å². The summed E-state index contributed by atoms with van der Waals surface area (Å²) in [6.07, 6.45) is 9.67. The number of rotatable bonds is 10. The number of imidazole rings is 2. The average Bonchev–Trinajstić information content (AvgIpc) is 3.91. The molecule has 1 atom stereocenters. The van der Waals surface area contributed by atoms with Gasteiger partial charge in [0, 0.05) is 82.4 Å². The standard InChI is InChI=1S/C42H54N8O3/c1-26(51)23-50-20-15-37-35(25-50)44-39(48(37)5)41(53)46-33-11-7-9-31(28(33)3)30-8-6-10-32(27(30)2)45-40(52)38-43-34-24-49(19-14-36(34)47(38)4)21-18-42-16-12-29(22-42)13-17-42/h6-11,26,29,51H,12-25H2,1-5H3,(H,45,52)(H,46,53)/t26-,29?,42?/m0/s1. The van der Waals surface area contributed by atoms with Crippen LogP contribution in [0.1, 0.15) is 101 Å². The fraction of sp³-hybridized carbons (Fsp3) is 0.524. The van der Waals surface area contributed by atoms with Gasteiger partial charge in [-0.25, -0.2) is 9.97 Å². The quantitative estimate of drug-likeness (QED) is 0.184. The van der Waals surface area contributed by atoms with Crippen molar-refractivity contribution in [3.05, 3.63) is 81.9 Å². The number of anilines is 2. The minimum Gasteiger partial charge on any atom is -0.392 e. The zero-order valence-corrected chi connectivity index (χ0v) is 32.0. The first kappa shape index (κ1) is 35.7. The lowest BCUT2D eigenvalue weighted by molar-refractivity contribution is 0.100. The van der Waals surface area contributed by atoms with E-state index in [-0.39, 0.29) is 11.8 Å². The summed E-state index contributed by atoms with van der Waals surface area (Å²) in [4.78, 5) is 41.7. The Bertz CT molecular complexity index is 2050. The van der Waals surface area contributed by atoms with Crippen molar-refractivity contribution in [1.82, 2.24) is 28.9 Å². The maximum absolute atomic E-state index is 13.8. The lowest BCUT2D eigenvalue weighted by Crippen LogP contribution is -2.36. The molecule has 8 rings (SSSR count). The third-order valence-electron chi connectivity index (χ3n) is 12.9. The number of aliphatic hydroxyl groups is 1. The molecule has 2 aromatic carbocycles. The van der Waals surface area contributed by atoms with Crippen molar-refractivity contribution in [3.8, 4) is 11.1 Å². The molecule has 2 amide bonds. The van der Waals surface area contributed by atoms with Crippen LogP contribution >= 0.6 is 0 Å². The average molecular weight is 719 g/mol. The van der Waals surface area contributed by atoms with Gasteiger partial charge in [-0.15, -0.1) is 0 Å². The molecule has 280 valence electrons. The number of aliphatic hydroxyl groups excluding tert-OH is 1. The molecule has 3 N–H and O–H groups in total. The number of nitrogens with one attached hydrogen (secondary N) is 2. The van der Waals surface area contributed by atoms with Crippen LogP contribution in [0.5, 0.6) is 0 Å². The SMILES string of the molecule is Cc1c(NC(=O)c2nc3c(n2C)CCN(CCC24CCC(CC2)C4)C3)cccc1-c1cccc(NC(=O)c2nc3c(n2C)CCN(C[C@H](C)O)C3)c1C. The second kappa shape index (κ2) is 14.2. The van der Waals surface area contributed by atoms with Gasteiger partial charge in [0.05, 0.1) is 17.5 Å². The number of carbonyl (C=O) groups excluding carboxylic acids is 2. The van der Waals surface area contributed by atoms with Gasteiger partial charge < -0.3 is 24.9 Å². The number of fused-ring (bicyclic) bond motifs is 4. The summed E-state index contributed by atoms with van der Waals surface area (Å²) in [5, 5.41) is 16.1. The highest BCUT2D eigenvalue weighted by atomic mass is 16.3. The minimum atomic E-state index is -0.415. The summed E-state index contributed by atoms with van der Waals surface area (Å²) >= 11 is 0. The molecule has 2 aromatic heterocycles. The van der Waals surface area contributed by atoms with E-state index in [0.717, 1.165) is 95.7 Å². The van der Waals surface area contributed by atoms with Crippen molar-refractivity contribution in [2.24, 2.45) is 25.4 Å². The van der Waals surface area contributed by atoms with Gasteiger partial charge in [-0.2, -0.15) is 0 Å². The van der Waals surface area contributed by atoms with Gasteiger partial charge in [0.1, 0.15) is 0 Å². The summed E-state index contributed by atoms with van der Waals surface area (Å²) in [5.41, 5.74) is 9.99. The van der Waals surface area contributed by atoms with Crippen molar-refractivity contribution in [3.63, 3.8) is 0 Å². The van der Waals surface area contributed by atoms with Gasteiger partial charge in [-0.05, 0) is 112 Å². The summed E-state index contributed by atoms with van der Waals surface area (Å²) in [7, 11) is 3.86. The van der Waals surface area contributed by atoms with Gasteiger partial charge in [0.25, 0.3) is 11.8 Å². The molecule has 2 saturated carbocycles. The molecule has 0 saturated heterocycles. The number of amides is 2. The first-order valence-corrected chi connectivity index (χ1v) is 19.5. The molecule has 0 spiro atoms. The predicted molar refractivity (Wildman–Crippen MR) is 207 cm³/mol. The van der Waals surface area contributed by atoms with Gasteiger partial charge >= 0.3 is 0 Å². The molecule has 2 fully saturated rings. The smallest absolute Gasteiger partial charge is 0.291 e. The molecule has 2 bridgehead atoms. The lowest BCUT2D eigenvalue weighted by Gasteiger charge is -2.32. The van der Waals surface area contributed by atoms with Crippen LogP contribution in [0.4, 0.5) is 11.4 Å². The Labute approximate surface area is 312 Å². The molecule has 11 nitrogen and oxygen atoms in total. The van der Waals surface area contributed by atoms with E-state index in [4.69, 9.17) is 9.97 Å². The Morgan fingerprint density at radius 1 is 0.830 bits per heavy atom. The van der Waals surface area contributed by atoms with E-state index in [0.29, 0.717) is 35.8 Å². The fourth-order valence-electron chi connectivity index (χ4n) is 9.83. The summed E-state index contributed by atoms with van der Waals surface area (Å²) < 4.78 is 3.88. The molecule has 4 heterocycles. The van der Waals surface area contributed by atoms with Gasteiger partial charge in [0.2, 0.25) is 0 Å². The topological polar surface area (TPSA) is 121 Å². The third-order valence-corrected chi connectivity index (χ3v) is 12.9. The second-order valence-corrected chi connectivity index (χ2v) is 16.4. The summed E-state index contributed by atoms with van der Waals surface area (Å²) in [5.74, 6) is 1.33. The Balaban J connectivity index is 0.953. The number of carbonyl (C=O) groups is 2. The van der Waals surface area contributed by atoms with Crippen LogP contribution in [0.3, 0.4) is 0 Å². The molecule has 0 unspecified atom stereocenters. The number of hydrogen-bond acceptors (Lipinski definition) is 7. The summed E-state index contributed by atoms with van der Waals surface area (Å²) in [6.45, 7) is 10.8. The molecule has 4 aliphatic rings. The molecule has 0 radical (unpaired) electrons. The van der Waals surface area contributed by atoms with Gasteiger partial charge in [0.15, 0.2) is 11.6 Å². The summed E-state index contributed by atoms with van der Waals surface area (Å²) in [6, 6.07) is 11.8. The van der Waals surface area contributed by atoms with Crippen LogP contribution in [0.25, 0.3) is 11.1 Å². The van der Waals surface area contributed by atoms with E-state index in [2.05, 4.69) is 26.5 Å². The molecule has 2 aliphatic carbocycles. The Morgan fingerprint density at radius 2 is 1.34 bits per heavy atom. The molecular formula is C42H54N8O3. The number of hydrogen-bond donors (Lipinski definition) is 3. The van der Waals surface area contributed by atoms with Crippen LogP contribution in [0.15, 0.2) is 36.4 Å². The molecule has 2 aliphatic heterocycles. The van der Waals surface area contributed by atoms with E-state index < -0.39 is 6.10 Å². The maximum Gasteiger partial charge on any atom is 0.291 e. The van der Waals surface area contributed by atoms with E-state index in [1.165, 1.54) is 38.5 Å². The van der Waals surface area contributed by atoms with Gasteiger partial charge in [-0.3, -0.25) is 19.4 Å². The van der Waals surface area contributed by atoms with Crippen molar-refractivity contribution in [1.29, 1.82) is 0 Å². The van der Waals surface area contributed by atoms with Crippen LogP contribution in [-0.4, -0.2) is 78.1 Å². The first-order chi connectivity index (χ1) is 25.5. The normalized spacial score (nSPS) is 21.7. The Morgan fingerprint density at radius 3 is 1.83 bits per heavy atom. The van der Waals surface area contributed by atoms with E-state index >= 15 is 0 Å². The maximum atomic E-state index is 13.8. The molecule has 11 heteroatoms. The number of benzene rings is 2. The van der Waals surface area contributed by atoms with E-state index in [1.54, 1.807) is 6.92 Å². The number of aromatic nitrogens is 4. The lowest BCUT2D eigenvalue weighted by atomic mass is 9.81. The zero-order chi connectivity index (χ0) is 37.0. The predicted octanol–water partition coefficient (Wildman–Crippen LogP) is 6.01. The van der Waals surface area contributed by atoms with Crippen LogP contribution < -0.4 is 10.6 Å². The minimum absolute atomic E-state index is 0.208. The highest BCUT2D eigenvalue weighted by Gasteiger charge is 2.44. The van der Waals surface area contributed by atoms with Crippen LogP contribution in [-0.2, 0) is 40.0 Å². The largest absolute Gasteiger partial charge is 0.392 e. The van der Waals surface area contributed by atoms with Crippen molar-refractivity contribution in [2.45, 2.75) is 91.3 Å². The number of β-amino-alcohol motifs (C(OH)–C–C–N with tert-alkyl or cyclic N) is 1. The monoisotopic (exact) mass is 718 g/mol. The highest BCUT2D eigenvalue weighted by molar-refractivity contribution is 6.04. The van der Waals surface area contributed by atoms with Crippen LogP contribution in [0, 0.1) is 25.2 Å². The van der Waals surface area contributed by atoms with Crippen molar-refractivity contribution in [2.75, 3.05) is 36.8 Å². The fourth-order valence-corrected chi connectivity index (χ4v) is 9.83. The van der Waals surface area contributed by atoms with E-state index in [1.807, 2.05) is 67.4 Å². The molecular weight excluding hydrogens is 665 g/mol. The highest BCUT2D eigenvalue weighted by Crippen LogP contribution is 2.56. The van der Waals surface area contributed by atoms with Gasteiger partial charge in [-0.1, -0.05) is 24.3 Å². The third kappa shape index (κ3) is 6.83. The Hall–Kier alpha value is -4.32. The van der Waals surface area contributed by atoms with Crippen molar-refractivity contribution >= 4 is 23.2 Å². The first-order valence-electron chi connectivity index (χ1n) is 19.5. The zero-order valence-electron chi connectivity index (χ0n) is 32.0. The van der Waals surface area contributed by atoms with Crippen molar-refractivity contribution < 1.29 is 14.7 Å². The molecule has 53 heavy (non-hydrogen) atoms.